The molecule has 2 aromatic carbocycles. The second kappa shape index (κ2) is 10.8. The van der Waals surface area contributed by atoms with E-state index in [0.29, 0.717) is 36.2 Å². The van der Waals surface area contributed by atoms with Crippen LogP contribution >= 0.6 is 0 Å². The highest BCUT2D eigenvalue weighted by atomic mass is 19.2. The molecule has 3 N–H and O–H groups in total. The maximum absolute atomic E-state index is 13.5. The number of imidazole rings is 1. The van der Waals surface area contributed by atoms with E-state index in [-0.39, 0.29) is 30.8 Å². The minimum absolute atomic E-state index is 0.118. The van der Waals surface area contributed by atoms with Gasteiger partial charge in [-0.3, -0.25) is 14.4 Å². The number of anilines is 1. The molecule has 0 spiro atoms. The molecule has 8 nitrogen and oxygen atoms in total. The normalized spacial score (nSPS) is 18.2. The summed E-state index contributed by atoms with van der Waals surface area (Å²) in [4.78, 5) is 46.4. The monoisotopic (exact) mass is 517 g/mol. The molecule has 5 rings (SSSR count). The predicted molar refractivity (Wildman–Crippen MR) is 138 cm³/mol. The van der Waals surface area contributed by atoms with E-state index in [9.17, 15) is 23.2 Å². The van der Waals surface area contributed by atoms with Crippen LogP contribution in [0.25, 0.3) is 17.7 Å². The molecule has 0 bridgehead atoms. The van der Waals surface area contributed by atoms with Crippen LogP contribution in [0.1, 0.15) is 35.2 Å². The number of carbonyl (C=O) groups is 3. The van der Waals surface area contributed by atoms with Crippen molar-refractivity contribution in [1.82, 2.24) is 20.2 Å². The molecule has 3 amide bonds. The molecule has 194 valence electrons. The van der Waals surface area contributed by atoms with Crippen LogP contribution in [0, 0.1) is 17.6 Å². The van der Waals surface area contributed by atoms with Gasteiger partial charge < -0.3 is 20.5 Å². The van der Waals surface area contributed by atoms with E-state index in [4.69, 9.17) is 0 Å². The first-order valence-electron chi connectivity index (χ1n) is 12.2. The van der Waals surface area contributed by atoms with Crippen molar-refractivity contribution in [2.75, 3.05) is 18.4 Å². The Kier molecular flexibility index (Phi) is 7.12. The van der Waals surface area contributed by atoms with Crippen molar-refractivity contribution in [2.24, 2.45) is 5.92 Å². The maximum Gasteiger partial charge on any atom is 0.256 e. The van der Waals surface area contributed by atoms with E-state index >= 15 is 0 Å². The van der Waals surface area contributed by atoms with E-state index < -0.39 is 17.6 Å². The summed E-state index contributed by atoms with van der Waals surface area (Å²) in [6.07, 6.45) is 9.58. The number of H-pyrrole nitrogens is 1. The SMILES string of the molecule is O=C1Nc2cc(/C=C/CNC(=O)C3CCCN(Cc4ccc(F)c(F)c4)C3=O)ccc2/C1=C\c1cnc[nH]1. The van der Waals surface area contributed by atoms with Gasteiger partial charge in [-0.25, -0.2) is 13.8 Å². The van der Waals surface area contributed by atoms with Gasteiger partial charge in [0.1, 0.15) is 5.92 Å². The Morgan fingerprint density at radius 3 is 2.82 bits per heavy atom. The van der Waals surface area contributed by atoms with Crippen LogP contribution in [0.2, 0.25) is 0 Å². The highest BCUT2D eigenvalue weighted by Gasteiger charge is 2.34. The first-order chi connectivity index (χ1) is 18.4. The Bertz CT molecular complexity index is 1450. The van der Waals surface area contributed by atoms with E-state index in [2.05, 4.69) is 20.6 Å². The molecule has 1 atom stereocenters. The number of nitrogens with zero attached hydrogens (tertiary/aromatic N) is 2. The number of fused-ring (bicyclic) bond motifs is 1. The van der Waals surface area contributed by atoms with Gasteiger partial charge in [0, 0.05) is 30.9 Å². The van der Waals surface area contributed by atoms with Gasteiger partial charge in [-0.1, -0.05) is 30.4 Å². The lowest BCUT2D eigenvalue weighted by molar-refractivity contribution is -0.145. The summed E-state index contributed by atoms with van der Waals surface area (Å²) in [5.41, 5.74) is 4.07. The van der Waals surface area contributed by atoms with Crippen LogP contribution in [0.5, 0.6) is 0 Å². The number of hydrogen-bond donors (Lipinski definition) is 3. The summed E-state index contributed by atoms with van der Waals surface area (Å²) in [5.74, 6) is -3.62. The Hall–Kier alpha value is -4.60. The average Bonchev–Trinajstić information content (AvgIpc) is 3.53. The van der Waals surface area contributed by atoms with Crippen molar-refractivity contribution in [3.8, 4) is 0 Å². The molecule has 1 unspecified atom stereocenters. The second-order valence-electron chi connectivity index (χ2n) is 9.17. The smallest absolute Gasteiger partial charge is 0.256 e. The van der Waals surface area contributed by atoms with Gasteiger partial charge in [0.2, 0.25) is 11.8 Å². The molecular formula is C28H25F2N5O3. The van der Waals surface area contributed by atoms with E-state index in [0.717, 1.165) is 29.0 Å². The third kappa shape index (κ3) is 5.39. The maximum atomic E-state index is 13.5. The number of piperidine rings is 1. The van der Waals surface area contributed by atoms with Crippen molar-refractivity contribution in [2.45, 2.75) is 19.4 Å². The Balaban J connectivity index is 1.16. The number of likely N-dealkylation sites (tertiary alicyclic amines) is 1. The fourth-order valence-electron chi connectivity index (χ4n) is 4.64. The largest absolute Gasteiger partial charge is 0.352 e. The predicted octanol–water partition coefficient (Wildman–Crippen LogP) is 3.75. The van der Waals surface area contributed by atoms with Crippen molar-refractivity contribution in [3.05, 3.63) is 89.0 Å². The molecule has 3 heterocycles. The summed E-state index contributed by atoms with van der Waals surface area (Å²) < 4.78 is 26.7. The zero-order valence-electron chi connectivity index (χ0n) is 20.3. The number of aromatic amines is 1. The number of amides is 3. The number of aromatic nitrogens is 2. The number of hydrogen-bond acceptors (Lipinski definition) is 4. The third-order valence-corrected chi connectivity index (χ3v) is 6.55. The lowest BCUT2D eigenvalue weighted by atomic mass is 9.95. The number of halogens is 2. The molecule has 2 aliphatic heterocycles. The summed E-state index contributed by atoms with van der Waals surface area (Å²) in [7, 11) is 0. The lowest BCUT2D eigenvalue weighted by Crippen LogP contribution is -2.47. The molecular weight excluding hydrogens is 492 g/mol. The van der Waals surface area contributed by atoms with Crippen molar-refractivity contribution < 1.29 is 23.2 Å². The second-order valence-corrected chi connectivity index (χ2v) is 9.17. The van der Waals surface area contributed by atoms with E-state index in [1.54, 1.807) is 24.7 Å². The van der Waals surface area contributed by atoms with Gasteiger partial charge >= 0.3 is 0 Å². The molecule has 0 aliphatic carbocycles. The van der Waals surface area contributed by atoms with Gasteiger partial charge in [0.05, 0.1) is 23.8 Å². The summed E-state index contributed by atoms with van der Waals surface area (Å²) in [6, 6.07) is 9.11. The molecule has 1 aromatic heterocycles. The summed E-state index contributed by atoms with van der Waals surface area (Å²) in [5, 5.41) is 5.63. The molecule has 1 fully saturated rings. The van der Waals surface area contributed by atoms with Crippen LogP contribution < -0.4 is 10.6 Å². The van der Waals surface area contributed by atoms with Crippen molar-refractivity contribution in [1.29, 1.82) is 0 Å². The van der Waals surface area contributed by atoms with Gasteiger partial charge in [0.15, 0.2) is 11.6 Å². The summed E-state index contributed by atoms with van der Waals surface area (Å²) in [6.45, 7) is 0.794. The first kappa shape index (κ1) is 25.1. The van der Waals surface area contributed by atoms with Crippen LogP contribution in [-0.4, -0.2) is 45.7 Å². The first-order valence-corrected chi connectivity index (χ1v) is 12.2. The zero-order chi connectivity index (χ0) is 26.6. The Morgan fingerprint density at radius 2 is 2.03 bits per heavy atom. The minimum Gasteiger partial charge on any atom is -0.352 e. The lowest BCUT2D eigenvalue weighted by Gasteiger charge is -2.31. The molecule has 10 heteroatoms. The minimum atomic E-state index is -0.968. The van der Waals surface area contributed by atoms with Crippen molar-refractivity contribution in [3.63, 3.8) is 0 Å². The molecule has 0 radical (unpaired) electrons. The van der Waals surface area contributed by atoms with Crippen LogP contribution in [-0.2, 0) is 20.9 Å². The Morgan fingerprint density at radius 1 is 1.16 bits per heavy atom. The van der Waals surface area contributed by atoms with Gasteiger partial charge in [-0.05, 0) is 48.2 Å². The standard InChI is InChI=1S/C28H25F2N5O3/c29-23-8-6-18(11-24(23)30)15-35-10-2-4-21(28(35)38)26(36)32-9-1-3-17-5-7-20-22(13-19-14-31-16-33-19)27(37)34-25(20)12-17/h1,3,5-8,11-14,16,21H,2,4,9-10,15H2,(H,31,33)(H,32,36)(H,34,37)/b3-1+,22-13+. The number of nitrogens with one attached hydrogen (secondary N) is 3. The van der Waals surface area contributed by atoms with Gasteiger partial charge in [-0.15, -0.1) is 0 Å². The van der Waals surface area contributed by atoms with Gasteiger partial charge in [0.25, 0.3) is 5.91 Å². The number of benzene rings is 2. The molecule has 3 aromatic rings. The number of rotatable bonds is 7. The highest BCUT2D eigenvalue weighted by molar-refractivity contribution is 6.34. The van der Waals surface area contributed by atoms with Crippen molar-refractivity contribution >= 4 is 41.1 Å². The molecule has 38 heavy (non-hydrogen) atoms. The molecule has 1 saturated heterocycles. The van der Waals surface area contributed by atoms with Crippen LogP contribution in [0.4, 0.5) is 14.5 Å². The fourth-order valence-corrected chi connectivity index (χ4v) is 4.64. The third-order valence-electron chi connectivity index (χ3n) is 6.55. The van der Waals surface area contributed by atoms with Gasteiger partial charge in [-0.2, -0.15) is 0 Å². The fraction of sp³-hybridized carbons (Fsp3) is 0.214. The van der Waals surface area contributed by atoms with Crippen LogP contribution in [0.3, 0.4) is 0 Å². The van der Waals surface area contributed by atoms with Crippen LogP contribution in [0.15, 0.2) is 55.0 Å². The number of carbonyl (C=O) groups excluding carboxylic acids is 3. The van der Waals surface area contributed by atoms with E-state index in [1.165, 1.54) is 11.0 Å². The van der Waals surface area contributed by atoms with E-state index in [1.807, 2.05) is 24.3 Å². The molecule has 2 aliphatic rings. The average molecular weight is 518 g/mol. The Labute approximate surface area is 217 Å². The highest BCUT2D eigenvalue weighted by Crippen LogP contribution is 2.33. The quantitative estimate of drug-likeness (QED) is 0.328. The molecule has 0 saturated carbocycles. The zero-order valence-corrected chi connectivity index (χ0v) is 20.3. The topological polar surface area (TPSA) is 107 Å². The summed E-state index contributed by atoms with van der Waals surface area (Å²) >= 11 is 0.